The average Bonchev–Trinajstić information content (AvgIpc) is 3.14. The van der Waals surface area contributed by atoms with E-state index in [1.54, 1.807) is 12.1 Å². The highest BCUT2D eigenvalue weighted by molar-refractivity contribution is 7.89. The molecule has 3 rings (SSSR count). The third-order valence-corrected chi connectivity index (χ3v) is 5.00. The summed E-state index contributed by atoms with van der Waals surface area (Å²) in [6, 6.07) is 15.2. The first-order valence-corrected chi connectivity index (χ1v) is 9.62. The molecule has 0 unspecified atom stereocenters. The molecule has 0 saturated carbocycles. The summed E-state index contributed by atoms with van der Waals surface area (Å²) in [6.07, 6.45) is 1.79. The Hall–Kier alpha value is -3.10. The third kappa shape index (κ3) is 4.55. The zero-order chi connectivity index (χ0) is 19.4. The maximum Gasteiger partial charge on any atom is 0.335 e. The first-order chi connectivity index (χ1) is 12.8. The first kappa shape index (κ1) is 18.7. The van der Waals surface area contributed by atoms with Gasteiger partial charge in [0.2, 0.25) is 10.0 Å². The van der Waals surface area contributed by atoms with Crippen LogP contribution in [0.3, 0.4) is 0 Å². The van der Waals surface area contributed by atoms with Crippen LogP contribution >= 0.6 is 0 Å². The van der Waals surface area contributed by atoms with E-state index < -0.39 is 16.0 Å². The lowest BCUT2D eigenvalue weighted by molar-refractivity contribution is 0.0696. The normalized spacial score (nSPS) is 11.3. The fourth-order valence-corrected chi connectivity index (χ4v) is 3.58. The number of rotatable bonds is 7. The number of furan rings is 1. The number of carbonyl (C=O) groups is 1. The van der Waals surface area contributed by atoms with E-state index in [2.05, 4.69) is 5.32 Å². The van der Waals surface area contributed by atoms with E-state index in [4.69, 9.17) is 9.56 Å². The monoisotopic (exact) mass is 386 g/mol. The molecular formula is C19H18N2O5S. The summed E-state index contributed by atoms with van der Waals surface area (Å²) in [5.41, 5.74) is 1.48. The molecule has 7 nitrogen and oxygen atoms in total. The van der Waals surface area contributed by atoms with Gasteiger partial charge < -0.3 is 14.8 Å². The van der Waals surface area contributed by atoms with Crippen LogP contribution < -0.4 is 10.5 Å². The van der Waals surface area contributed by atoms with Crippen LogP contribution in [-0.4, -0.2) is 19.5 Å². The lowest BCUT2D eigenvalue weighted by Crippen LogP contribution is -2.18. The number of carboxylic acids is 1. The molecule has 8 heteroatoms. The Morgan fingerprint density at radius 2 is 1.85 bits per heavy atom. The minimum atomic E-state index is -4.13. The molecule has 0 amide bonds. The number of nitrogens with two attached hydrogens (primary N) is 1. The van der Waals surface area contributed by atoms with Gasteiger partial charge >= 0.3 is 5.97 Å². The average molecular weight is 386 g/mol. The predicted molar refractivity (Wildman–Crippen MR) is 100 cm³/mol. The molecule has 140 valence electrons. The van der Waals surface area contributed by atoms with Gasteiger partial charge in [0.1, 0.15) is 5.76 Å². The van der Waals surface area contributed by atoms with E-state index in [-0.39, 0.29) is 23.4 Å². The SMILES string of the molecule is NS(=O)(=O)c1cc(C(=O)O)cc(NCc2ccco2)c1Cc1ccccc1. The van der Waals surface area contributed by atoms with E-state index in [1.807, 2.05) is 30.3 Å². The second-order valence-electron chi connectivity index (χ2n) is 5.95. The van der Waals surface area contributed by atoms with Gasteiger partial charge in [-0.3, -0.25) is 0 Å². The number of sulfonamides is 1. The van der Waals surface area contributed by atoms with E-state index in [0.29, 0.717) is 17.0 Å². The maximum atomic E-state index is 12.1. The molecule has 0 atom stereocenters. The Morgan fingerprint density at radius 3 is 2.44 bits per heavy atom. The summed E-state index contributed by atoms with van der Waals surface area (Å²) < 4.78 is 29.6. The van der Waals surface area contributed by atoms with Crippen molar-refractivity contribution in [1.29, 1.82) is 0 Å². The van der Waals surface area contributed by atoms with Crippen LogP contribution in [0.1, 0.15) is 27.2 Å². The molecule has 0 bridgehead atoms. The van der Waals surface area contributed by atoms with Gasteiger partial charge in [0, 0.05) is 12.1 Å². The number of nitrogens with one attached hydrogen (secondary N) is 1. The predicted octanol–water partition coefficient (Wildman–Crippen LogP) is 2.83. The number of aromatic carboxylic acids is 1. The Balaban J connectivity index is 2.11. The summed E-state index contributed by atoms with van der Waals surface area (Å²) in [5, 5.41) is 17.8. The Bertz CT molecular complexity index is 1050. The molecule has 1 heterocycles. The largest absolute Gasteiger partial charge is 0.478 e. The van der Waals surface area contributed by atoms with Crippen LogP contribution in [-0.2, 0) is 23.0 Å². The minimum Gasteiger partial charge on any atom is -0.478 e. The highest BCUT2D eigenvalue weighted by atomic mass is 32.2. The highest BCUT2D eigenvalue weighted by Crippen LogP contribution is 2.29. The Morgan fingerprint density at radius 1 is 1.11 bits per heavy atom. The molecule has 1 aromatic heterocycles. The number of hydrogen-bond acceptors (Lipinski definition) is 5. The number of benzene rings is 2. The Kier molecular flexibility index (Phi) is 5.29. The van der Waals surface area contributed by atoms with Crippen molar-refractivity contribution >= 4 is 21.7 Å². The van der Waals surface area contributed by atoms with Crippen molar-refractivity contribution in [2.45, 2.75) is 17.9 Å². The highest BCUT2D eigenvalue weighted by Gasteiger charge is 2.21. The minimum absolute atomic E-state index is 0.169. The number of carboxylic acid groups (broad SMARTS) is 1. The lowest BCUT2D eigenvalue weighted by atomic mass is 10.0. The molecule has 4 N–H and O–H groups in total. The molecule has 0 aliphatic heterocycles. The van der Waals surface area contributed by atoms with Gasteiger partial charge in [0.05, 0.1) is 23.3 Å². The number of primary sulfonamides is 1. The topological polar surface area (TPSA) is 123 Å². The standard InChI is InChI=1S/C19H18N2O5S/c20-27(24,25)18-11-14(19(22)23)10-17(21-12-15-7-4-8-26-15)16(18)9-13-5-2-1-3-6-13/h1-8,10-11,21H,9,12H2,(H,22,23)(H2,20,24,25). The number of anilines is 1. The van der Waals surface area contributed by atoms with Crippen molar-refractivity contribution in [3.63, 3.8) is 0 Å². The third-order valence-electron chi connectivity index (χ3n) is 4.02. The van der Waals surface area contributed by atoms with E-state index >= 15 is 0 Å². The summed E-state index contributed by atoms with van der Waals surface area (Å²) in [4.78, 5) is 11.2. The van der Waals surface area contributed by atoms with Crippen LogP contribution in [0.5, 0.6) is 0 Å². The van der Waals surface area contributed by atoms with Crippen LogP contribution in [0, 0.1) is 0 Å². The molecule has 27 heavy (non-hydrogen) atoms. The second-order valence-corrected chi connectivity index (χ2v) is 7.48. The molecule has 2 aromatic carbocycles. The van der Waals surface area contributed by atoms with Gasteiger partial charge in [-0.15, -0.1) is 0 Å². The number of hydrogen-bond donors (Lipinski definition) is 3. The van der Waals surface area contributed by atoms with Gasteiger partial charge in [-0.1, -0.05) is 30.3 Å². The molecule has 0 radical (unpaired) electrons. The fourth-order valence-electron chi connectivity index (χ4n) is 2.76. The molecule has 3 aromatic rings. The van der Waals surface area contributed by atoms with E-state index in [9.17, 15) is 18.3 Å². The van der Waals surface area contributed by atoms with Crippen molar-refractivity contribution < 1.29 is 22.7 Å². The molecule has 0 fully saturated rings. The Labute approximate surface area is 156 Å². The van der Waals surface area contributed by atoms with E-state index in [0.717, 1.165) is 11.6 Å². The van der Waals surface area contributed by atoms with Gasteiger partial charge in [-0.2, -0.15) is 0 Å². The zero-order valence-electron chi connectivity index (χ0n) is 14.3. The van der Waals surface area contributed by atoms with Crippen LogP contribution in [0.15, 0.2) is 70.2 Å². The molecule has 0 saturated heterocycles. The summed E-state index contributed by atoms with van der Waals surface area (Å²) in [7, 11) is -4.13. The maximum absolute atomic E-state index is 12.1. The summed E-state index contributed by atoms with van der Waals surface area (Å²) in [5.74, 6) is -0.620. The molecule has 0 spiro atoms. The van der Waals surface area contributed by atoms with Gasteiger partial charge in [0.15, 0.2) is 0 Å². The van der Waals surface area contributed by atoms with Crippen molar-refractivity contribution in [1.82, 2.24) is 0 Å². The van der Waals surface area contributed by atoms with E-state index in [1.165, 1.54) is 12.3 Å². The van der Waals surface area contributed by atoms with Crippen molar-refractivity contribution in [3.05, 3.63) is 83.3 Å². The lowest BCUT2D eigenvalue weighted by Gasteiger charge is -2.16. The van der Waals surface area contributed by atoms with Crippen LogP contribution in [0.4, 0.5) is 5.69 Å². The van der Waals surface area contributed by atoms with Crippen molar-refractivity contribution in [3.8, 4) is 0 Å². The fraction of sp³-hybridized carbons (Fsp3) is 0.105. The smallest absolute Gasteiger partial charge is 0.335 e. The quantitative estimate of drug-likeness (QED) is 0.574. The summed E-state index contributed by atoms with van der Waals surface area (Å²) >= 11 is 0. The van der Waals surface area contributed by atoms with Crippen molar-refractivity contribution in [2.24, 2.45) is 5.14 Å². The first-order valence-electron chi connectivity index (χ1n) is 8.08. The second kappa shape index (κ2) is 7.65. The summed E-state index contributed by atoms with van der Waals surface area (Å²) in [6.45, 7) is 0.266. The van der Waals surface area contributed by atoms with Crippen LogP contribution in [0.2, 0.25) is 0 Å². The molecule has 0 aliphatic rings. The van der Waals surface area contributed by atoms with Gasteiger partial charge in [0.25, 0.3) is 0 Å². The molecule has 0 aliphatic carbocycles. The van der Waals surface area contributed by atoms with Gasteiger partial charge in [-0.25, -0.2) is 18.4 Å². The van der Waals surface area contributed by atoms with Gasteiger partial charge in [-0.05, 0) is 35.4 Å². The van der Waals surface area contributed by atoms with Crippen molar-refractivity contribution in [2.75, 3.05) is 5.32 Å². The van der Waals surface area contributed by atoms with Crippen LogP contribution in [0.25, 0.3) is 0 Å². The molecular weight excluding hydrogens is 368 g/mol. The zero-order valence-corrected chi connectivity index (χ0v) is 15.1.